The van der Waals surface area contributed by atoms with E-state index >= 15 is 0 Å². The van der Waals surface area contributed by atoms with Crippen LogP contribution in [-0.4, -0.2) is 50.5 Å². The molecule has 0 aliphatic carbocycles. The molecule has 0 amide bonds. The van der Waals surface area contributed by atoms with Crippen LogP contribution < -0.4 is 0 Å². The van der Waals surface area contributed by atoms with E-state index in [-0.39, 0.29) is 0 Å². The van der Waals surface area contributed by atoms with Crippen molar-refractivity contribution in [1.29, 1.82) is 0 Å². The molecule has 5 aromatic rings. The molecule has 2 aromatic carbocycles. The lowest BCUT2D eigenvalue weighted by molar-refractivity contribution is 0.124. The van der Waals surface area contributed by atoms with Gasteiger partial charge in [-0.1, -0.05) is 57.0 Å². The van der Waals surface area contributed by atoms with Gasteiger partial charge in [-0.2, -0.15) is 0 Å². The van der Waals surface area contributed by atoms with Gasteiger partial charge < -0.3 is 18.6 Å². The lowest BCUT2D eigenvalue weighted by Gasteiger charge is -2.12. The molecule has 38 heavy (non-hydrogen) atoms. The third-order valence-electron chi connectivity index (χ3n) is 6.72. The standard InChI is InChI=1S/C31H37N5O2/c1-3-5-20-37-22-18-35-28-16-9-7-12-24(28)33-30(35)26-14-11-15-27(32-26)31-34-25-13-8-10-17-29(25)36(31)19-23-38-21-6-4-2/h7-17H,3-6,18-23H2,1-2H3. The Kier molecular flexibility index (Phi) is 8.78. The summed E-state index contributed by atoms with van der Waals surface area (Å²) in [5.41, 5.74) is 5.74. The summed E-state index contributed by atoms with van der Waals surface area (Å²) in [7, 11) is 0. The molecule has 5 rings (SSSR count). The third-order valence-corrected chi connectivity index (χ3v) is 6.72. The van der Waals surface area contributed by atoms with Crippen molar-refractivity contribution >= 4 is 22.1 Å². The summed E-state index contributed by atoms with van der Waals surface area (Å²) >= 11 is 0. The summed E-state index contributed by atoms with van der Waals surface area (Å²) in [6.45, 7) is 8.64. The number of nitrogens with zero attached hydrogens (tertiary/aromatic N) is 5. The van der Waals surface area contributed by atoms with Crippen LogP contribution in [0, 0.1) is 0 Å². The van der Waals surface area contributed by atoms with E-state index < -0.39 is 0 Å². The van der Waals surface area contributed by atoms with Crippen LogP contribution >= 0.6 is 0 Å². The first kappa shape index (κ1) is 26.1. The van der Waals surface area contributed by atoms with E-state index in [4.69, 9.17) is 24.4 Å². The number of pyridine rings is 1. The van der Waals surface area contributed by atoms with Gasteiger partial charge in [-0.25, -0.2) is 15.0 Å². The lowest BCUT2D eigenvalue weighted by atomic mass is 10.2. The fourth-order valence-electron chi connectivity index (χ4n) is 4.69. The first-order valence-corrected chi connectivity index (χ1v) is 13.8. The van der Waals surface area contributed by atoms with Crippen molar-refractivity contribution in [3.05, 3.63) is 66.7 Å². The van der Waals surface area contributed by atoms with Crippen LogP contribution in [-0.2, 0) is 22.6 Å². The van der Waals surface area contributed by atoms with Gasteiger partial charge >= 0.3 is 0 Å². The van der Waals surface area contributed by atoms with Crippen LogP contribution in [0.15, 0.2) is 66.7 Å². The molecule has 0 saturated heterocycles. The number of rotatable bonds is 14. The molecule has 0 aliphatic rings. The van der Waals surface area contributed by atoms with Gasteiger partial charge in [-0.3, -0.25) is 0 Å². The average molecular weight is 512 g/mol. The first-order chi connectivity index (χ1) is 18.8. The number of hydrogen-bond donors (Lipinski definition) is 0. The van der Waals surface area contributed by atoms with Crippen molar-refractivity contribution in [2.75, 3.05) is 26.4 Å². The molecule has 0 N–H and O–H groups in total. The molecule has 0 saturated carbocycles. The normalized spacial score (nSPS) is 11.6. The minimum absolute atomic E-state index is 0.640. The van der Waals surface area contributed by atoms with Gasteiger partial charge in [0, 0.05) is 26.3 Å². The summed E-state index contributed by atoms with van der Waals surface area (Å²) in [5.74, 6) is 1.69. The van der Waals surface area contributed by atoms with E-state index in [0.29, 0.717) is 13.2 Å². The largest absolute Gasteiger partial charge is 0.380 e. The number of aromatic nitrogens is 5. The van der Waals surface area contributed by atoms with Crippen molar-refractivity contribution in [3.8, 4) is 23.0 Å². The fourth-order valence-corrected chi connectivity index (χ4v) is 4.69. The fraction of sp³-hybridized carbons (Fsp3) is 0.387. The van der Waals surface area contributed by atoms with Crippen molar-refractivity contribution in [2.24, 2.45) is 0 Å². The number of unbranched alkanes of at least 4 members (excludes halogenated alkanes) is 2. The van der Waals surface area contributed by atoms with Gasteiger partial charge in [-0.05, 0) is 49.2 Å². The van der Waals surface area contributed by atoms with Crippen molar-refractivity contribution < 1.29 is 9.47 Å². The maximum Gasteiger partial charge on any atom is 0.159 e. The Balaban J connectivity index is 1.48. The maximum atomic E-state index is 5.90. The number of para-hydroxylation sites is 4. The maximum absolute atomic E-state index is 5.90. The number of benzene rings is 2. The van der Waals surface area contributed by atoms with Crippen molar-refractivity contribution in [1.82, 2.24) is 24.1 Å². The molecule has 0 fully saturated rings. The highest BCUT2D eigenvalue weighted by atomic mass is 16.5. The molecule has 3 aromatic heterocycles. The third kappa shape index (κ3) is 5.79. The van der Waals surface area contributed by atoms with E-state index in [0.717, 1.165) is 97.1 Å². The molecule has 0 bridgehead atoms. The molecule has 0 aliphatic heterocycles. The molecule has 7 heteroatoms. The molecule has 198 valence electrons. The van der Waals surface area contributed by atoms with Gasteiger partial charge in [0.15, 0.2) is 11.6 Å². The Bertz CT molecular complexity index is 1360. The zero-order valence-corrected chi connectivity index (χ0v) is 22.5. The van der Waals surface area contributed by atoms with E-state index in [1.165, 1.54) is 0 Å². The lowest BCUT2D eigenvalue weighted by Crippen LogP contribution is -2.10. The highest BCUT2D eigenvalue weighted by Crippen LogP contribution is 2.28. The van der Waals surface area contributed by atoms with E-state index in [2.05, 4.69) is 59.4 Å². The molecule has 0 radical (unpaired) electrons. The summed E-state index contributed by atoms with van der Waals surface area (Å²) in [5, 5.41) is 0. The molecular formula is C31H37N5O2. The van der Waals surface area contributed by atoms with E-state index in [9.17, 15) is 0 Å². The quantitative estimate of drug-likeness (QED) is 0.154. The minimum atomic E-state index is 0.640. The Morgan fingerprint density at radius 2 is 1.03 bits per heavy atom. The summed E-state index contributed by atoms with van der Waals surface area (Å²) in [6, 6.07) is 22.6. The van der Waals surface area contributed by atoms with Crippen LogP contribution in [0.3, 0.4) is 0 Å². The smallest absolute Gasteiger partial charge is 0.159 e. The van der Waals surface area contributed by atoms with Gasteiger partial charge in [0.1, 0.15) is 11.4 Å². The van der Waals surface area contributed by atoms with Crippen LogP contribution in [0.4, 0.5) is 0 Å². The highest BCUT2D eigenvalue weighted by Gasteiger charge is 2.17. The van der Waals surface area contributed by atoms with E-state index in [1.54, 1.807) is 0 Å². The second kappa shape index (κ2) is 12.8. The number of hydrogen-bond acceptors (Lipinski definition) is 5. The molecular weight excluding hydrogens is 474 g/mol. The predicted molar refractivity (Wildman–Crippen MR) is 153 cm³/mol. The predicted octanol–water partition coefficient (Wildman–Crippen LogP) is 6.75. The van der Waals surface area contributed by atoms with Gasteiger partial charge in [-0.15, -0.1) is 0 Å². The Hall–Kier alpha value is -3.55. The topological polar surface area (TPSA) is 67.0 Å². The summed E-state index contributed by atoms with van der Waals surface area (Å²) < 4.78 is 16.2. The second-order valence-corrected chi connectivity index (χ2v) is 9.49. The molecule has 0 atom stereocenters. The van der Waals surface area contributed by atoms with Gasteiger partial charge in [0.2, 0.25) is 0 Å². The zero-order chi connectivity index (χ0) is 26.2. The van der Waals surface area contributed by atoms with Crippen LogP contribution in [0.1, 0.15) is 39.5 Å². The van der Waals surface area contributed by atoms with Crippen molar-refractivity contribution in [3.63, 3.8) is 0 Å². The monoisotopic (exact) mass is 511 g/mol. The number of fused-ring (bicyclic) bond motifs is 2. The average Bonchev–Trinajstić information content (AvgIpc) is 3.52. The zero-order valence-electron chi connectivity index (χ0n) is 22.5. The number of imidazole rings is 2. The Morgan fingerprint density at radius 1 is 0.553 bits per heavy atom. The highest BCUT2D eigenvalue weighted by molar-refractivity contribution is 5.82. The minimum Gasteiger partial charge on any atom is -0.380 e. The summed E-state index contributed by atoms with van der Waals surface area (Å²) in [4.78, 5) is 15.0. The Morgan fingerprint density at radius 3 is 1.50 bits per heavy atom. The van der Waals surface area contributed by atoms with Crippen LogP contribution in [0.2, 0.25) is 0 Å². The second-order valence-electron chi connectivity index (χ2n) is 9.49. The van der Waals surface area contributed by atoms with Crippen LogP contribution in [0.5, 0.6) is 0 Å². The molecule has 3 heterocycles. The van der Waals surface area contributed by atoms with E-state index in [1.807, 2.05) is 30.3 Å². The van der Waals surface area contributed by atoms with Gasteiger partial charge in [0.05, 0.1) is 35.3 Å². The number of ether oxygens (including phenoxy) is 2. The van der Waals surface area contributed by atoms with Crippen LogP contribution in [0.25, 0.3) is 45.1 Å². The SMILES string of the molecule is CCCCOCCn1c(-c2cccc(-c3nc4ccccc4n3CCOCCCC)n2)nc2ccccc21. The summed E-state index contributed by atoms with van der Waals surface area (Å²) in [6.07, 6.45) is 4.41. The van der Waals surface area contributed by atoms with Gasteiger partial charge in [0.25, 0.3) is 0 Å². The Labute approximate surface area is 224 Å². The molecule has 0 unspecified atom stereocenters. The molecule has 7 nitrogen and oxygen atoms in total. The first-order valence-electron chi connectivity index (χ1n) is 13.8. The molecule has 0 spiro atoms. The van der Waals surface area contributed by atoms with Crippen molar-refractivity contribution in [2.45, 2.75) is 52.6 Å².